The number of anilines is 3. The highest BCUT2D eigenvalue weighted by Gasteiger charge is 2.17. The summed E-state index contributed by atoms with van der Waals surface area (Å²) in [5.74, 6) is 1.23. The van der Waals surface area contributed by atoms with E-state index in [0.717, 1.165) is 49.3 Å². The fraction of sp³-hybridized carbons (Fsp3) is 0.375. The standard InChI is InChI=1S/C16H20FN5/c1-12-11-15(19-14-5-3-13(17)4-6-14)20-16(18-12)22-9-7-21(2)8-10-22/h3-6,11H,7-10H2,1-2H3,(H,18,19,20). The monoisotopic (exact) mass is 301 g/mol. The van der Waals surface area contributed by atoms with E-state index in [2.05, 4.69) is 32.1 Å². The van der Waals surface area contributed by atoms with Gasteiger partial charge in [-0.15, -0.1) is 0 Å². The molecule has 3 rings (SSSR count). The predicted molar refractivity (Wildman–Crippen MR) is 86.2 cm³/mol. The number of piperazine rings is 1. The summed E-state index contributed by atoms with van der Waals surface area (Å²) in [4.78, 5) is 13.6. The molecule has 6 heteroatoms. The van der Waals surface area contributed by atoms with Crippen molar-refractivity contribution in [2.75, 3.05) is 43.4 Å². The zero-order chi connectivity index (χ0) is 15.5. The number of aromatic nitrogens is 2. The quantitative estimate of drug-likeness (QED) is 0.943. The lowest BCUT2D eigenvalue weighted by atomic mass is 10.3. The highest BCUT2D eigenvalue weighted by atomic mass is 19.1. The fourth-order valence-corrected chi connectivity index (χ4v) is 2.45. The summed E-state index contributed by atoms with van der Waals surface area (Å²) in [5.41, 5.74) is 1.72. The lowest BCUT2D eigenvalue weighted by Gasteiger charge is -2.32. The zero-order valence-corrected chi connectivity index (χ0v) is 12.9. The third-order valence-corrected chi connectivity index (χ3v) is 3.75. The number of rotatable bonds is 3. The molecule has 22 heavy (non-hydrogen) atoms. The maximum atomic E-state index is 13.0. The molecule has 1 aromatic heterocycles. The normalized spacial score (nSPS) is 15.9. The SMILES string of the molecule is Cc1cc(Nc2ccc(F)cc2)nc(N2CCN(C)CC2)n1. The number of hydrogen-bond donors (Lipinski definition) is 1. The van der Waals surface area contributed by atoms with E-state index in [-0.39, 0.29) is 5.82 Å². The van der Waals surface area contributed by atoms with Crippen molar-refractivity contribution in [3.63, 3.8) is 0 Å². The molecule has 1 aliphatic rings. The van der Waals surface area contributed by atoms with Crippen LogP contribution in [0.15, 0.2) is 30.3 Å². The Labute approximate surface area is 129 Å². The van der Waals surface area contributed by atoms with Crippen molar-refractivity contribution in [2.45, 2.75) is 6.92 Å². The van der Waals surface area contributed by atoms with Gasteiger partial charge in [0, 0.05) is 43.6 Å². The highest BCUT2D eigenvalue weighted by molar-refractivity contribution is 5.57. The van der Waals surface area contributed by atoms with Gasteiger partial charge in [-0.3, -0.25) is 0 Å². The summed E-state index contributed by atoms with van der Waals surface area (Å²) in [5, 5.41) is 3.21. The molecule has 2 aromatic rings. The molecule has 5 nitrogen and oxygen atoms in total. The molecule has 0 bridgehead atoms. The van der Waals surface area contributed by atoms with Crippen LogP contribution < -0.4 is 10.2 Å². The molecule has 0 amide bonds. The molecular weight excluding hydrogens is 281 g/mol. The smallest absolute Gasteiger partial charge is 0.227 e. The first-order valence-corrected chi connectivity index (χ1v) is 7.42. The molecular formula is C16H20FN5. The number of aryl methyl sites for hydroxylation is 1. The van der Waals surface area contributed by atoms with Gasteiger partial charge < -0.3 is 15.1 Å². The summed E-state index contributed by atoms with van der Waals surface area (Å²) in [7, 11) is 2.12. The maximum absolute atomic E-state index is 13.0. The topological polar surface area (TPSA) is 44.3 Å². The van der Waals surface area contributed by atoms with E-state index in [1.54, 1.807) is 12.1 Å². The second-order valence-corrected chi connectivity index (χ2v) is 5.62. The molecule has 0 aliphatic carbocycles. The Kier molecular flexibility index (Phi) is 4.20. The van der Waals surface area contributed by atoms with Crippen molar-refractivity contribution < 1.29 is 4.39 Å². The fourth-order valence-electron chi connectivity index (χ4n) is 2.45. The van der Waals surface area contributed by atoms with Crippen molar-refractivity contribution in [1.82, 2.24) is 14.9 Å². The van der Waals surface area contributed by atoms with Crippen LogP contribution in [0.4, 0.5) is 21.8 Å². The Morgan fingerprint density at radius 1 is 1.05 bits per heavy atom. The van der Waals surface area contributed by atoms with E-state index in [4.69, 9.17) is 0 Å². The van der Waals surface area contributed by atoms with Gasteiger partial charge in [0.1, 0.15) is 11.6 Å². The van der Waals surface area contributed by atoms with Crippen molar-refractivity contribution in [1.29, 1.82) is 0 Å². The van der Waals surface area contributed by atoms with Crippen LogP contribution in [-0.4, -0.2) is 48.1 Å². The minimum absolute atomic E-state index is 0.248. The van der Waals surface area contributed by atoms with Gasteiger partial charge in [0.25, 0.3) is 0 Å². The molecule has 1 aromatic carbocycles. The lowest BCUT2D eigenvalue weighted by molar-refractivity contribution is 0.311. The molecule has 0 spiro atoms. The molecule has 0 radical (unpaired) electrons. The summed E-state index contributed by atoms with van der Waals surface area (Å²) in [6.45, 7) is 5.83. The van der Waals surface area contributed by atoms with Gasteiger partial charge in [0.2, 0.25) is 5.95 Å². The van der Waals surface area contributed by atoms with Crippen molar-refractivity contribution >= 4 is 17.5 Å². The minimum Gasteiger partial charge on any atom is -0.340 e. The van der Waals surface area contributed by atoms with E-state index in [0.29, 0.717) is 0 Å². The third kappa shape index (κ3) is 3.51. The van der Waals surface area contributed by atoms with Gasteiger partial charge >= 0.3 is 0 Å². The van der Waals surface area contributed by atoms with E-state index in [9.17, 15) is 4.39 Å². The van der Waals surface area contributed by atoms with Crippen LogP contribution >= 0.6 is 0 Å². The second-order valence-electron chi connectivity index (χ2n) is 5.62. The molecule has 1 saturated heterocycles. The molecule has 0 unspecified atom stereocenters. The number of nitrogens with zero attached hydrogens (tertiary/aromatic N) is 4. The van der Waals surface area contributed by atoms with Gasteiger partial charge in [0.15, 0.2) is 0 Å². The second kappa shape index (κ2) is 6.27. The largest absolute Gasteiger partial charge is 0.340 e. The van der Waals surface area contributed by atoms with Gasteiger partial charge in [-0.25, -0.2) is 9.37 Å². The first-order chi connectivity index (χ1) is 10.6. The average Bonchev–Trinajstić information content (AvgIpc) is 2.50. The first kappa shape index (κ1) is 14.7. The lowest BCUT2D eigenvalue weighted by Crippen LogP contribution is -2.45. The van der Waals surface area contributed by atoms with Crippen LogP contribution in [0.5, 0.6) is 0 Å². The Balaban J connectivity index is 1.79. The predicted octanol–water partition coefficient (Wildman–Crippen LogP) is 2.42. The molecule has 116 valence electrons. The van der Waals surface area contributed by atoms with Crippen LogP contribution in [0.2, 0.25) is 0 Å². The number of likely N-dealkylation sites (N-methyl/N-ethyl adjacent to an activating group) is 1. The summed E-state index contributed by atoms with van der Waals surface area (Å²) in [6.07, 6.45) is 0. The van der Waals surface area contributed by atoms with Gasteiger partial charge in [-0.05, 0) is 38.2 Å². The molecule has 0 saturated carbocycles. The molecule has 1 aliphatic heterocycles. The Bertz CT molecular complexity index is 635. The molecule has 1 N–H and O–H groups in total. The Morgan fingerprint density at radius 2 is 1.73 bits per heavy atom. The van der Waals surface area contributed by atoms with Crippen LogP contribution in [0.3, 0.4) is 0 Å². The number of hydrogen-bond acceptors (Lipinski definition) is 5. The summed E-state index contributed by atoms with van der Waals surface area (Å²) in [6, 6.07) is 8.14. The van der Waals surface area contributed by atoms with E-state index in [1.807, 2.05) is 13.0 Å². The highest BCUT2D eigenvalue weighted by Crippen LogP contribution is 2.19. The van der Waals surface area contributed by atoms with E-state index in [1.165, 1.54) is 12.1 Å². The van der Waals surface area contributed by atoms with Crippen LogP contribution in [0.25, 0.3) is 0 Å². The number of benzene rings is 1. The Morgan fingerprint density at radius 3 is 2.41 bits per heavy atom. The first-order valence-electron chi connectivity index (χ1n) is 7.42. The molecule has 0 atom stereocenters. The Hall–Kier alpha value is -2.21. The average molecular weight is 301 g/mol. The molecule has 2 heterocycles. The third-order valence-electron chi connectivity index (χ3n) is 3.75. The van der Waals surface area contributed by atoms with Gasteiger partial charge in [0.05, 0.1) is 0 Å². The van der Waals surface area contributed by atoms with Crippen molar-refractivity contribution in [2.24, 2.45) is 0 Å². The summed E-state index contributed by atoms with van der Waals surface area (Å²) >= 11 is 0. The van der Waals surface area contributed by atoms with Crippen LogP contribution in [0.1, 0.15) is 5.69 Å². The van der Waals surface area contributed by atoms with Gasteiger partial charge in [-0.2, -0.15) is 4.98 Å². The van der Waals surface area contributed by atoms with Crippen molar-refractivity contribution in [3.05, 3.63) is 41.8 Å². The number of halogens is 1. The van der Waals surface area contributed by atoms with Crippen LogP contribution in [-0.2, 0) is 0 Å². The van der Waals surface area contributed by atoms with Crippen LogP contribution in [0, 0.1) is 12.7 Å². The minimum atomic E-state index is -0.248. The maximum Gasteiger partial charge on any atom is 0.227 e. The zero-order valence-electron chi connectivity index (χ0n) is 12.9. The van der Waals surface area contributed by atoms with E-state index < -0.39 is 0 Å². The van der Waals surface area contributed by atoms with Crippen molar-refractivity contribution in [3.8, 4) is 0 Å². The number of nitrogens with one attached hydrogen (secondary N) is 1. The molecule has 1 fully saturated rings. The van der Waals surface area contributed by atoms with Gasteiger partial charge in [-0.1, -0.05) is 0 Å². The van der Waals surface area contributed by atoms with E-state index >= 15 is 0 Å². The summed E-state index contributed by atoms with van der Waals surface area (Å²) < 4.78 is 13.0.